The van der Waals surface area contributed by atoms with E-state index in [4.69, 9.17) is 14.7 Å². The molecule has 5 heterocycles. The van der Waals surface area contributed by atoms with Crippen molar-refractivity contribution in [1.82, 2.24) is 19.9 Å². The Morgan fingerprint density at radius 3 is 2.25 bits per heavy atom. The molecule has 2 aromatic rings. The Hall–Kier alpha value is -4.95. The molecular formula is C53H70N4O4. The van der Waals surface area contributed by atoms with E-state index >= 15 is 0 Å². The second-order valence-corrected chi connectivity index (χ2v) is 19.3. The number of esters is 1. The zero-order chi connectivity index (χ0) is 44.5. The van der Waals surface area contributed by atoms with Gasteiger partial charge in [0.2, 0.25) is 0 Å². The number of fused-ring (bicyclic) bond motifs is 8. The highest BCUT2D eigenvalue weighted by molar-refractivity contribution is 6.02. The van der Waals surface area contributed by atoms with Crippen molar-refractivity contribution in [3.8, 4) is 0 Å². The largest absolute Gasteiger partial charge is 0.507 e. The van der Waals surface area contributed by atoms with E-state index in [9.17, 15) is 15.0 Å². The number of aliphatic hydroxyl groups is 2. The van der Waals surface area contributed by atoms with E-state index in [-0.39, 0.29) is 42.0 Å². The molecule has 0 radical (unpaired) electrons. The van der Waals surface area contributed by atoms with E-state index in [0.717, 1.165) is 116 Å². The summed E-state index contributed by atoms with van der Waals surface area (Å²) in [5.41, 5.74) is 18.8. The highest BCUT2D eigenvalue weighted by Crippen LogP contribution is 2.48. The average Bonchev–Trinajstić information content (AvgIpc) is 3.95. The normalized spacial score (nSPS) is 17.8. The maximum Gasteiger partial charge on any atom is 0.306 e. The molecule has 3 atom stereocenters. The van der Waals surface area contributed by atoms with Gasteiger partial charge >= 0.3 is 5.97 Å². The van der Waals surface area contributed by atoms with Crippen LogP contribution < -0.4 is 0 Å². The molecule has 326 valence electrons. The smallest absolute Gasteiger partial charge is 0.306 e. The third-order valence-corrected chi connectivity index (χ3v) is 12.8. The predicted molar refractivity (Wildman–Crippen MR) is 254 cm³/mol. The van der Waals surface area contributed by atoms with Crippen molar-refractivity contribution in [3.05, 3.63) is 103 Å². The van der Waals surface area contributed by atoms with Gasteiger partial charge in [0.1, 0.15) is 12.4 Å². The molecule has 1 unspecified atom stereocenters. The summed E-state index contributed by atoms with van der Waals surface area (Å²) in [6.07, 6.45) is 14.2. The summed E-state index contributed by atoms with van der Waals surface area (Å²) in [5.74, 6) is -0.0605. The predicted octanol–water partition coefficient (Wildman–Crippen LogP) is 13.6. The van der Waals surface area contributed by atoms with Crippen molar-refractivity contribution in [2.75, 3.05) is 6.61 Å². The van der Waals surface area contributed by atoms with Crippen LogP contribution in [0.4, 0.5) is 0 Å². The lowest BCUT2D eigenvalue weighted by Crippen LogP contribution is -2.10. The van der Waals surface area contributed by atoms with Crippen LogP contribution >= 0.6 is 0 Å². The quantitative estimate of drug-likeness (QED) is 0.111. The Morgan fingerprint density at radius 1 is 0.902 bits per heavy atom. The number of aryl methyl sites for hydroxylation is 1. The minimum atomic E-state index is -0.732. The molecule has 3 aliphatic heterocycles. The maximum atomic E-state index is 13.4. The molecule has 0 saturated heterocycles. The summed E-state index contributed by atoms with van der Waals surface area (Å²) in [6, 6.07) is 4.18. The fourth-order valence-electron chi connectivity index (χ4n) is 9.51. The molecule has 8 bridgehead atoms. The number of nitrogens with one attached hydrogen (secondary N) is 2. The van der Waals surface area contributed by atoms with Crippen LogP contribution in [0.5, 0.6) is 0 Å². The summed E-state index contributed by atoms with van der Waals surface area (Å²) < 4.78 is 5.79. The first-order chi connectivity index (χ1) is 28.8. The van der Waals surface area contributed by atoms with E-state index in [0.29, 0.717) is 12.8 Å². The number of hydrogen-bond donors (Lipinski definition) is 4. The lowest BCUT2D eigenvalue weighted by molar-refractivity contribution is -0.142. The van der Waals surface area contributed by atoms with E-state index in [2.05, 4.69) is 104 Å². The maximum absolute atomic E-state index is 13.4. The summed E-state index contributed by atoms with van der Waals surface area (Å²) >= 11 is 0. The van der Waals surface area contributed by atoms with Gasteiger partial charge in [-0.2, -0.15) is 0 Å². The molecule has 0 fully saturated rings. The Balaban J connectivity index is 1.39. The molecule has 61 heavy (non-hydrogen) atoms. The van der Waals surface area contributed by atoms with Crippen LogP contribution in [-0.4, -0.2) is 48.8 Å². The molecule has 1 aliphatic carbocycles. The number of hydrogen-bond acceptors (Lipinski definition) is 6. The van der Waals surface area contributed by atoms with Crippen LogP contribution in [-0.2, 0) is 16.0 Å². The minimum absolute atomic E-state index is 0.00232. The zero-order valence-corrected chi connectivity index (χ0v) is 39.2. The number of allylic oxidation sites excluding steroid dienone is 8. The lowest BCUT2D eigenvalue weighted by atomic mass is 9.84. The van der Waals surface area contributed by atoms with Gasteiger partial charge in [0, 0.05) is 51.9 Å². The van der Waals surface area contributed by atoms with Crippen molar-refractivity contribution in [2.24, 2.45) is 5.41 Å². The summed E-state index contributed by atoms with van der Waals surface area (Å²) in [5, 5.41) is 22.9. The molecule has 6 rings (SSSR count). The molecule has 0 amide bonds. The first kappa shape index (κ1) is 45.6. The van der Waals surface area contributed by atoms with Gasteiger partial charge in [0.25, 0.3) is 0 Å². The fourth-order valence-corrected chi connectivity index (χ4v) is 9.51. The van der Waals surface area contributed by atoms with Gasteiger partial charge in [-0.25, -0.2) is 9.97 Å². The number of aliphatic hydroxyl groups excluding tert-OH is 2. The molecule has 4 aliphatic rings. The third-order valence-electron chi connectivity index (χ3n) is 12.8. The van der Waals surface area contributed by atoms with Gasteiger partial charge in [-0.1, -0.05) is 63.5 Å². The van der Waals surface area contributed by atoms with Crippen LogP contribution in [0.2, 0.25) is 0 Å². The highest BCUT2D eigenvalue weighted by atomic mass is 16.5. The number of rotatable bonds is 14. The summed E-state index contributed by atoms with van der Waals surface area (Å²) in [7, 11) is 0. The number of carbonyl (C=O) groups excluding carboxylic acids is 1. The van der Waals surface area contributed by atoms with Crippen molar-refractivity contribution < 1.29 is 19.7 Å². The number of aromatic amines is 2. The van der Waals surface area contributed by atoms with Gasteiger partial charge in [0.05, 0.1) is 34.4 Å². The van der Waals surface area contributed by atoms with Gasteiger partial charge in [-0.15, -0.1) is 0 Å². The highest BCUT2D eigenvalue weighted by Gasteiger charge is 2.35. The molecule has 0 saturated carbocycles. The standard InChI is InChI=1S/C53H70N4O4/c1-14-37-42-27-43-40(28-53(11,12)13)32(6)41(54-43)26-44-47(36(10)58)34(8)50(56-44)35(9)49-33(7)38(51(57-49)39-25-45(59)48(37)52(39)55-42)21-22-46(60)61-24-23-31(5)20-16-19-30(4)18-15-17-29(2)3/h17,19,23,25-27,33,36,38,55,57-59H,14-16,18,20-22,24,28H2,1-13H3/b30-19+,31-23+,43-27?,44-26?,49-35?,51-39?/t33-,36?,38-/m0/s1. The van der Waals surface area contributed by atoms with Crippen LogP contribution in [0.25, 0.3) is 45.2 Å². The molecular weight excluding hydrogens is 757 g/mol. The Morgan fingerprint density at radius 2 is 1.59 bits per heavy atom. The molecule has 0 spiro atoms. The minimum Gasteiger partial charge on any atom is -0.507 e. The van der Waals surface area contributed by atoms with E-state index in [1.165, 1.54) is 22.3 Å². The molecule has 4 N–H and O–H groups in total. The van der Waals surface area contributed by atoms with Crippen molar-refractivity contribution in [1.29, 1.82) is 0 Å². The molecule has 8 nitrogen and oxygen atoms in total. The van der Waals surface area contributed by atoms with Crippen molar-refractivity contribution >= 4 is 51.1 Å². The number of carbonyl (C=O) groups is 1. The number of nitrogens with zero attached hydrogens (tertiary/aromatic N) is 2. The number of aromatic nitrogens is 4. The molecule has 0 aromatic carbocycles. The van der Waals surface area contributed by atoms with E-state index in [1.54, 1.807) is 6.92 Å². The Labute approximate surface area is 364 Å². The van der Waals surface area contributed by atoms with Gasteiger partial charge in [-0.05, 0) is 158 Å². The van der Waals surface area contributed by atoms with Crippen molar-refractivity contribution in [2.45, 2.75) is 159 Å². The number of H-pyrrole nitrogens is 2. The van der Waals surface area contributed by atoms with Crippen LogP contribution in [0.3, 0.4) is 0 Å². The van der Waals surface area contributed by atoms with Crippen molar-refractivity contribution in [3.63, 3.8) is 0 Å². The van der Waals surface area contributed by atoms with Crippen LogP contribution in [0.15, 0.2) is 47.1 Å². The monoisotopic (exact) mass is 827 g/mol. The SMILES string of the molecule is CCc1c2c3[nH]c1cc1nc(cc4nc(c(C)c5[nH]c(c3C=C2O)[C@@H](CCC(=O)OC/C=C(\C)CC/C=C(\C)CCC=C(C)C)[C@@H]5C)C(C)=C4C(C)O)C(C)=C1CC(C)(C)C. The first-order valence-corrected chi connectivity index (χ1v) is 22.5. The van der Waals surface area contributed by atoms with Crippen LogP contribution in [0.1, 0.15) is 196 Å². The lowest BCUT2D eigenvalue weighted by Gasteiger charge is -2.19. The van der Waals surface area contributed by atoms with Gasteiger partial charge in [0.15, 0.2) is 0 Å². The summed E-state index contributed by atoms with van der Waals surface area (Å²) in [4.78, 5) is 31.5. The van der Waals surface area contributed by atoms with Gasteiger partial charge < -0.3 is 24.9 Å². The van der Waals surface area contributed by atoms with E-state index < -0.39 is 6.10 Å². The van der Waals surface area contributed by atoms with Crippen LogP contribution in [0, 0.1) is 12.3 Å². The third kappa shape index (κ3) is 9.91. The number of ether oxygens (including phenoxy) is 1. The Bertz CT molecular complexity index is 2470. The second-order valence-electron chi connectivity index (χ2n) is 19.3. The molecule has 2 aromatic heterocycles. The second kappa shape index (κ2) is 18.6. The van der Waals surface area contributed by atoms with Gasteiger partial charge in [-0.3, -0.25) is 4.79 Å². The topological polar surface area (TPSA) is 124 Å². The Kier molecular flexibility index (Phi) is 13.9. The first-order valence-electron chi connectivity index (χ1n) is 22.5. The van der Waals surface area contributed by atoms with E-state index in [1.807, 2.05) is 25.1 Å². The summed E-state index contributed by atoms with van der Waals surface area (Å²) in [6.45, 7) is 28.0. The zero-order valence-electron chi connectivity index (χ0n) is 39.2. The molecule has 8 heteroatoms. The fraction of sp³-hybridized carbons (Fsp3) is 0.491. The average molecular weight is 827 g/mol.